The molecule has 1 unspecified atom stereocenters. The third kappa shape index (κ3) is 3.43. The molecule has 0 aliphatic heterocycles. The molecule has 0 aliphatic carbocycles. The Bertz CT molecular complexity index is 568. The summed E-state index contributed by atoms with van der Waals surface area (Å²) < 4.78 is 3.02. The number of hydrogen-bond donors (Lipinski definition) is 1. The molecule has 0 saturated heterocycles. The summed E-state index contributed by atoms with van der Waals surface area (Å²) in [5.74, 6) is 0. The third-order valence-electron chi connectivity index (χ3n) is 3.19. The van der Waals surface area contributed by atoms with Gasteiger partial charge in [0, 0.05) is 11.0 Å². The monoisotopic (exact) mass is 355 g/mol. The van der Waals surface area contributed by atoms with E-state index < -0.39 is 0 Å². The summed E-state index contributed by atoms with van der Waals surface area (Å²) in [4.78, 5) is 0. The molecule has 0 amide bonds. The maximum absolute atomic E-state index is 6.35. The lowest BCUT2D eigenvalue weighted by atomic mass is 10.0. The minimum Gasteiger partial charge on any atom is -0.305 e. The number of benzene rings is 1. The Hall–Kier alpha value is -0.840. The van der Waals surface area contributed by atoms with Gasteiger partial charge >= 0.3 is 0 Å². The standard InChI is InChI=1S/C15H19BrClN3/c1-3-8-18-14(11-6-5-7-12(16)9-11)15-13(17)10-19-20(15)4-2/h5-7,9-10,14,18H,3-4,8H2,1-2H3. The Morgan fingerprint density at radius 1 is 1.40 bits per heavy atom. The van der Waals surface area contributed by atoms with E-state index in [0.29, 0.717) is 5.02 Å². The second-order valence-corrected chi connectivity index (χ2v) is 5.96. The normalized spacial score (nSPS) is 12.6. The van der Waals surface area contributed by atoms with Crippen molar-refractivity contribution < 1.29 is 0 Å². The molecule has 0 saturated carbocycles. The van der Waals surface area contributed by atoms with Crippen LogP contribution in [0.3, 0.4) is 0 Å². The molecular weight excluding hydrogens is 338 g/mol. The molecule has 0 aliphatic rings. The summed E-state index contributed by atoms with van der Waals surface area (Å²) in [6.07, 6.45) is 2.79. The molecule has 2 aromatic rings. The molecule has 1 aromatic carbocycles. The molecule has 5 heteroatoms. The van der Waals surface area contributed by atoms with E-state index in [4.69, 9.17) is 11.6 Å². The van der Waals surface area contributed by atoms with Crippen LogP contribution in [-0.2, 0) is 6.54 Å². The average Bonchev–Trinajstić information content (AvgIpc) is 2.81. The van der Waals surface area contributed by atoms with Crippen LogP contribution in [0.15, 0.2) is 34.9 Å². The van der Waals surface area contributed by atoms with Crippen molar-refractivity contribution in [1.82, 2.24) is 15.1 Å². The Morgan fingerprint density at radius 3 is 2.85 bits per heavy atom. The van der Waals surface area contributed by atoms with Gasteiger partial charge in [-0.05, 0) is 37.6 Å². The van der Waals surface area contributed by atoms with Gasteiger partial charge in [-0.3, -0.25) is 4.68 Å². The first-order valence-electron chi connectivity index (χ1n) is 6.87. The van der Waals surface area contributed by atoms with Gasteiger partial charge in [0.15, 0.2) is 0 Å². The predicted octanol–water partition coefficient (Wildman–Crippen LogP) is 4.41. The first kappa shape index (κ1) is 15.5. The molecule has 0 radical (unpaired) electrons. The van der Waals surface area contributed by atoms with Gasteiger partial charge in [-0.1, -0.05) is 46.6 Å². The Balaban J connectivity index is 2.44. The number of nitrogens with one attached hydrogen (secondary N) is 1. The van der Waals surface area contributed by atoms with Crippen molar-refractivity contribution in [1.29, 1.82) is 0 Å². The quantitative estimate of drug-likeness (QED) is 0.831. The van der Waals surface area contributed by atoms with E-state index in [2.05, 4.69) is 52.3 Å². The Morgan fingerprint density at radius 2 is 2.20 bits per heavy atom. The van der Waals surface area contributed by atoms with Crippen LogP contribution in [0.1, 0.15) is 37.6 Å². The SMILES string of the molecule is CCCNC(c1cccc(Br)c1)c1c(Cl)cnn1CC. The van der Waals surface area contributed by atoms with E-state index in [-0.39, 0.29) is 6.04 Å². The molecular formula is C15H19BrClN3. The molecule has 108 valence electrons. The van der Waals surface area contributed by atoms with E-state index in [1.165, 1.54) is 5.56 Å². The molecule has 1 aromatic heterocycles. The molecule has 3 nitrogen and oxygen atoms in total. The zero-order chi connectivity index (χ0) is 14.5. The average molecular weight is 357 g/mol. The van der Waals surface area contributed by atoms with E-state index >= 15 is 0 Å². The minimum atomic E-state index is 0.0578. The van der Waals surface area contributed by atoms with Crippen molar-refractivity contribution in [3.63, 3.8) is 0 Å². The number of aryl methyl sites for hydroxylation is 1. The number of hydrogen-bond acceptors (Lipinski definition) is 2. The highest BCUT2D eigenvalue weighted by atomic mass is 79.9. The van der Waals surface area contributed by atoms with Gasteiger partial charge < -0.3 is 5.32 Å². The van der Waals surface area contributed by atoms with Crippen molar-refractivity contribution in [2.75, 3.05) is 6.54 Å². The number of halogens is 2. The van der Waals surface area contributed by atoms with Crippen LogP contribution in [0.5, 0.6) is 0 Å². The molecule has 1 atom stereocenters. The Labute approximate surface area is 133 Å². The largest absolute Gasteiger partial charge is 0.305 e. The molecule has 1 heterocycles. The summed E-state index contributed by atoms with van der Waals surface area (Å²) in [6, 6.07) is 8.36. The van der Waals surface area contributed by atoms with Gasteiger partial charge in [-0.25, -0.2) is 0 Å². The topological polar surface area (TPSA) is 29.9 Å². The lowest BCUT2D eigenvalue weighted by Gasteiger charge is -2.21. The Kier molecular flexibility index (Phi) is 5.64. The first-order chi connectivity index (χ1) is 9.67. The highest BCUT2D eigenvalue weighted by Gasteiger charge is 2.21. The molecule has 20 heavy (non-hydrogen) atoms. The van der Waals surface area contributed by atoms with Crippen molar-refractivity contribution in [2.24, 2.45) is 0 Å². The summed E-state index contributed by atoms with van der Waals surface area (Å²) in [6.45, 7) is 5.97. The van der Waals surface area contributed by atoms with Gasteiger partial charge in [-0.2, -0.15) is 5.10 Å². The second kappa shape index (κ2) is 7.25. The van der Waals surface area contributed by atoms with E-state index in [1.54, 1.807) is 6.20 Å². The van der Waals surface area contributed by atoms with Crippen LogP contribution < -0.4 is 5.32 Å². The van der Waals surface area contributed by atoms with Crippen LogP contribution in [-0.4, -0.2) is 16.3 Å². The lowest BCUT2D eigenvalue weighted by Crippen LogP contribution is -2.26. The molecule has 0 fully saturated rings. The highest BCUT2D eigenvalue weighted by molar-refractivity contribution is 9.10. The summed E-state index contributed by atoms with van der Waals surface area (Å²) in [5, 5.41) is 8.62. The minimum absolute atomic E-state index is 0.0578. The smallest absolute Gasteiger partial charge is 0.0837 e. The molecule has 0 spiro atoms. The zero-order valence-corrected chi connectivity index (χ0v) is 14.1. The van der Waals surface area contributed by atoms with Crippen LogP contribution in [0.4, 0.5) is 0 Å². The van der Waals surface area contributed by atoms with E-state index in [0.717, 1.165) is 29.7 Å². The van der Waals surface area contributed by atoms with Crippen LogP contribution in [0.25, 0.3) is 0 Å². The van der Waals surface area contributed by atoms with Gasteiger partial charge in [0.2, 0.25) is 0 Å². The van der Waals surface area contributed by atoms with Crippen molar-refractivity contribution in [3.8, 4) is 0 Å². The fraction of sp³-hybridized carbons (Fsp3) is 0.400. The summed E-state index contributed by atoms with van der Waals surface area (Å²) in [5.41, 5.74) is 2.21. The van der Waals surface area contributed by atoms with Gasteiger partial charge in [-0.15, -0.1) is 0 Å². The lowest BCUT2D eigenvalue weighted by molar-refractivity contribution is 0.530. The number of nitrogens with zero attached hydrogens (tertiary/aromatic N) is 2. The van der Waals surface area contributed by atoms with Crippen LogP contribution >= 0.6 is 27.5 Å². The van der Waals surface area contributed by atoms with Crippen LogP contribution in [0, 0.1) is 0 Å². The second-order valence-electron chi connectivity index (χ2n) is 4.64. The first-order valence-corrected chi connectivity index (χ1v) is 8.04. The van der Waals surface area contributed by atoms with Crippen molar-refractivity contribution in [3.05, 3.63) is 51.2 Å². The van der Waals surface area contributed by atoms with Gasteiger partial charge in [0.05, 0.1) is 23.0 Å². The van der Waals surface area contributed by atoms with E-state index in [9.17, 15) is 0 Å². The summed E-state index contributed by atoms with van der Waals surface area (Å²) in [7, 11) is 0. The zero-order valence-electron chi connectivity index (χ0n) is 11.7. The van der Waals surface area contributed by atoms with Crippen molar-refractivity contribution >= 4 is 27.5 Å². The highest BCUT2D eigenvalue weighted by Crippen LogP contribution is 2.29. The fourth-order valence-corrected chi connectivity index (χ4v) is 2.93. The molecule has 2 rings (SSSR count). The predicted molar refractivity (Wildman–Crippen MR) is 87.2 cm³/mol. The summed E-state index contributed by atoms with van der Waals surface area (Å²) >= 11 is 9.88. The van der Waals surface area contributed by atoms with Crippen molar-refractivity contribution in [2.45, 2.75) is 32.9 Å². The maximum Gasteiger partial charge on any atom is 0.0837 e. The van der Waals surface area contributed by atoms with Gasteiger partial charge in [0.1, 0.15) is 0 Å². The van der Waals surface area contributed by atoms with Gasteiger partial charge in [0.25, 0.3) is 0 Å². The fourth-order valence-electron chi connectivity index (χ4n) is 2.26. The molecule has 1 N–H and O–H groups in total. The number of aromatic nitrogens is 2. The number of rotatable bonds is 6. The third-order valence-corrected chi connectivity index (χ3v) is 3.97. The maximum atomic E-state index is 6.35. The van der Waals surface area contributed by atoms with Crippen LogP contribution in [0.2, 0.25) is 5.02 Å². The van der Waals surface area contributed by atoms with E-state index in [1.807, 2.05) is 16.8 Å². The molecule has 0 bridgehead atoms.